The predicted octanol–water partition coefficient (Wildman–Crippen LogP) is 2.68. The first-order chi connectivity index (χ1) is 14.2. The topological polar surface area (TPSA) is 105 Å². The molecule has 0 aliphatic heterocycles. The summed E-state index contributed by atoms with van der Waals surface area (Å²) in [6, 6.07) is 11.8. The van der Waals surface area contributed by atoms with Crippen LogP contribution in [0.1, 0.15) is 4.88 Å². The van der Waals surface area contributed by atoms with Crippen LogP contribution in [0.5, 0.6) is 0 Å². The maximum absolute atomic E-state index is 12.7. The molecule has 0 radical (unpaired) electrons. The zero-order chi connectivity index (χ0) is 20.2. The molecule has 0 amide bonds. The van der Waals surface area contributed by atoms with Gasteiger partial charge in [0.2, 0.25) is 12.2 Å². The summed E-state index contributed by atoms with van der Waals surface area (Å²) in [7, 11) is 0. The number of hydrogen-bond donors (Lipinski definition) is 1. The molecule has 3 heterocycles. The smallest absolute Gasteiger partial charge is 0.342 e. The molecule has 10 heteroatoms. The van der Waals surface area contributed by atoms with Gasteiger partial charge in [-0.2, -0.15) is 10.1 Å². The second-order valence-corrected chi connectivity index (χ2v) is 7.44. The number of thiophene rings is 1. The van der Waals surface area contributed by atoms with E-state index in [0.717, 1.165) is 20.9 Å². The van der Waals surface area contributed by atoms with Gasteiger partial charge in [0.05, 0.1) is 19.4 Å². The highest BCUT2D eigenvalue weighted by atomic mass is 32.1. The quantitative estimate of drug-likeness (QED) is 0.500. The maximum atomic E-state index is 12.7. The fourth-order valence-electron chi connectivity index (χ4n) is 2.82. The Morgan fingerprint density at radius 1 is 1.28 bits per heavy atom. The van der Waals surface area contributed by atoms with Gasteiger partial charge in [0.15, 0.2) is 0 Å². The van der Waals surface area contributed by atoms with Crippen LogP contribution in [0.4, 0.5) is 4.39 Å². The molecule has 0 atom stereocenters. The highest BCUT2D eigenvalue weighted by Crippen LogP contribution is 2.30. The van der Waals surface area contributed by atoms with E-state index in [2.05, 4.69) is 15.2 Å². The number of hydrogen-bond acceptors (Lipinski definition) is 7. The Kier molecular flexibility index (Phi) is 5.45. The van der Waals surface area contributed by atoms with Crippen LogP contribution < -0.4 is 11.4 Å². The zero-order valence-electron chi connectivity index (χ0n) is 15.2. The predicted molar refractivity (Wildman–Crippen MR) is 107 cm³/mol. The molecule has 4 aromatic rings. The molecule has 0 spiro atoms. The Balaban J connectivity index is 1.53. The molecule has 29 heavy (non-hydrogen) atoms. The highest BCUT2D eigenvalue weighted by molar-refractivity contribution is 7.15. The van der Waals surface area contributed by atoms with Crippen molar-refractivity contribution in [2.45, 2.75) is 13.1 Å². The molecule has 1 aromatic carbocycles. The lowest BCUT2D eigenvalue weighted by atomic mass is 10.1. The Morgan fingerprint density at radius 2 is 2.14 bits per heavy atom. The van der Waals surface area contributed by atoms with Crippen LogP contribution >= 0.6 is 11.3 Å². The van der Waals surface area contributed by atoms with Gasteiger partial charge in [-0.15, -0.1) is 11.3 Å². The average molecular weight is 412 g/mol. The summed E-state index contributed by atoms with van der Waals surface area (Å²) in [6.07, 6.45) is 3.16. The Hall–Kier alpha value is -3.37. The van der Waals surface area contributed by atoms with E-state index < -0.39 is 0 Å². The Morgan fingerprint density at radius 3 is 2.90 bits per heavy atom. The van der Waals surface area contributed by atoms with Crippen LogP contribution in [0.3, 0.4) is 0 Å². The molecule has 0 unspecified atom stereocenters. The van der Waals surface area contributed by atoms with Gasteiger partial charge >= 0.3 is 5.69 Å². The molecular formula is C19H17FN6O2S. The standard InChI is InChI=1S/C19H17FN6O2S/c20-7-13(8-21)9-26-19(27)25(11-23-26)10-16-4-5-17(29-16)14-2-1-3-15(6-14)18-22-12-28-24-18/h1-7,11-12H,8-10,21H2/b13-7+. The molecule has 0 saturated heterocycles. The zero-order valence-corrected chi connectivity index (χ0v) is 16.1. The summed E-state index contributed by atoms with van der Waals surface area (Å²) in [6.45, 7) is 0.454. The van der Waals surface area contributed by atoms with Gasteiger partial charge in [0.1, 0.15) is 6.33 Å². The van der Waals surface area contributed by atoms with Crippen molar-refractivity contribution < 1.29 is 8.91 Å². The van der Waals surface area contributed by atoms with Crippen LogP contribution in [0.2, 0.25) is 0 Å². The maximum Gasteiger partial charge on any atom is 0.346 e. The van der Waals surface area contributed by atoms with Crippen molar-refractivity contribution in [3.63, 3.8) is 0 Å². The summed E-state index contributed by atoms with van der Waals surface area (Å²) in [4.78, 5) is 18.6. The van der Waals surface area contributed by atoms with E-state index in [1.165, 1.54) is 22.0 Å². The van der Waals surface area contributed by atoms with Gasteiger partial charge < -0.3 is 10.3 Å². The molecule has 3 aromatic heterocycles. The van der Waals surface area contributed by atoms with E-state index in [0.29, 0.717) is 24.3 Å². The van der Waals surface area contributed by atoms with Crippen molar-refractivity contribution in [2.24, 2.45) is 5.73 Å². The summed E-state index contributed by atoms with van der Waals surface area (Å²) in [5.41, 5.74) is 7.31. The largest absolute Gasteiger partial charge is 0.346 e. The SMILES string of the molecule is NC/C(=C\F)Cn1ncn(Cc2ccc(-c3cccc(-c4ncon4)c3)s2)c1=O. The van der Waals surface area contributed by atoms with Crippen molar-refractivity contribution in [3.8, 4) is 21.8 Å². The van der Waals surface area contributed by atoms with Crippen molar-refractivity contribution >= 4 is 11.3 Å². The van der Waals surface area contributed by atoms with E-state index in [1.54, 1.807) is 11.3 Å². The van der Waals surface area contributed by atoms with Gasteiger partial charge in [0, 0.05) is 21.9 Å². The molecule has 4 rings (SSSR count). The van der Waals surface area contributed by atoms with Crippen molar-refractivity contribution in [3.05, 3.63) is 76.4 Å². The lowest BCUT2D eigenvalue weighted by Crippen LogP contribution is -2.26. The van der Waals surface area contributed by atoms with Gasteiger partial charge in [-0.25, -0.2) is 13.9 Å². The van der Waals surface area contributed by atoms with Gasteiger partial charge in [-0.1, -0.05) is 23.4 Å². The molecule has 0 aliphatic carbocycles. The number of aromatic nitrogens is 5. The number of halogens is 1. The van der Waals surface area contributed by atoms with Crippen LogP contribution in [0.25, 0.3) is 21.8 Å². The fourth-order valence-corrected chi connectivity index (χ4v) is 3.82. The summed E-state index contributed by atoms with van der Waals surface area (Å²) in [5.74, 6) is 0.529. The summed E-state index contributed by atoms with van der Waals surface area (Å²) < 4.78 is 20.2. The fraction of sp³-hybridized carbons (Fsp3) is 0.158. The molecule has 148 valence electrons. The van der Waals surface area contributed by atoms with E-state index >= 15 is 0 Å². The van der Waals surface area contributed by atoms with Gasteiger partial charge in [-0.05, 0) is 29.3 Å². The van der Waals surface area contributed by atoms with E-state index in [1.807, 2.05) is 36.4 Å². The number of rotatable bonds is 7. The Bertz CT molecular complexity index is 1190. The van der Waals surface area contributed by atoms with Gasteiger partial charge in [-0.3, -0.25) is 4.57 Å². The van der Waals surface area contributed by atoms with Gasteiger partial charge in [0.25, 0.3) is 0 Å². The normalized spacial score (nSPS) is 11.9. The molecule has 2 N–H and O–H groups in total. The molecule has 0 bridgehead atoms. The van der Waals surface area contributed by atoms with Crippen LogP contribution in [0.15, 0.2) is 70.3 Å². The Labute approximate surface area is 168 Å². The average Bonchev–Trinajstić information content (AvgIpc) is 3.50. The first-order valence-electron chi connectivity index (χ1n) is 8.74. The first kappa shape index (κ1) is 19.0. The third-order valence-electron chi connectivity index (χ3n) is 4.32. The number of nitrogens with two attached hydrogens (primary N) is 1. The van der Waals surface area contributed by atoms with Crippen molar-refractivity contribution in [1.82, 2.24) is 24.5 Å². The van der Waals surface area contributed by atoms with E-state index in [4.69, 9.17) is 10.3 Å². The summed E-state index contributed by atoms with van der Waals surface area (Å²) >= 11 is 1.58. The van der Waals surface area contributed by atoms with Crippen molar-refractivity contribution in [2.75, 3.05) is 6.54 Å². The minimum absolute atomic E-state index is 0.0347. The molecular weight excluding hydrogens is 395 g/mol. The lowest BCUT2D eigenvalue weighted by molar-refractivity contribution is 0.419. The number of nitrogens with zero attached hydrogens (tertiary/aromatic N) is 5. The second kappa shape index (κ2) is 8.33. The second-order valence-electron chi connectivity index (χ2n) is 6.27. The van der Waals surface area contributed by atoms with Crippen LogP contribution in [-0.4, -0.2) is 31.0 Å². The third kappa shape index (κ3) is 4.08. The lowest BCUT2D eigenvalue weighted by Gasteiger charge is -2.01. The minimum Gasteiger partial charge on any atom is -0.342 e. The number of benzene rings is 1. The van der Waals surface area contributed by atoms with Crippen LogP contribution in [0, 0.1) is 0 Å². The van der Waals surface area contributed by atoms with Crippen LogP contribution in [-0.2, 0) is 13.1 Å². The van der Waals surface area contributed by atoms with E-state index in [9.17, 15) is 9.18 Å². The third-order valence-corrected chi connectivity index (χ3v) is 5.44. The molecule has 0 aliphatic rings. The highest BCUT2D eigenvalue weighted by Gasteiger charge is 2.11. The molecule has 0 fully saturated rings. The van der Waals surface area contributed by atoms with Crippen molar-refractivity contribution in [1.29, 1.82) is 0 Å². The molecule has 8 nitrogen and oxygen atoms in total. The minimum atomic E-state index is -0.313. The first-order valence-corrected chi connectivity index (χ1v) is 9.56. The summed E-state index contributed by atoms with van der Waals surface area (Å²) in [5, 5.41) is 7.90. The van der Waals surface area contributed by atoms with E-state index in [-0.39, 0.29) is 18.8 Å². The monoisotopic (exact) mass is 412 g/mol. The molecule has 0 saturated carbocycles.